The van der Waals surface area contributed by atoms with Gasteiger partial charge in [-0.25, -0.2) is 19.6 Å². The summed E-state index contributed by atoms with van der Waals surface area (Å²) in [7, 11) is 3.85. The standard InChI is InChI=1S/C18H28N4O2.C17H26N4O2/c1-4-11-21-16-14(17(23)22(12-5-2)18(21)24)20(3)15(19-16)13-9-7-6-8-10-13;1-4-10-20-15-13(16(22)21(11-5-2)17(20)23)19(3)14(18-15)12-8-6-7-9-12/h13H,4-12H2,1-3H3;12H,4-11H2,1-3H3. The Bertz CT molecular complexity index is 1940. The Morgan fingerprint density at radius 3 is 1.17 bits per heavy atom. The molecule has 0 unspecified atom stereocenters. The zero-order chi connectivity index (χ0) is 33.8. The van der Waals surface area contributed by atoms with Gasteiger partial charge >= 0.3 is 11.4 Å². The van der Waals surface area contributed by atoms with Crippen molar-refractivity contribution < 1.29 is 0 Å². The van der Waals surface area contributed by atoms with Gasteiger partial charge in [-0.2, -0.15) is 0 Å². The van der Waals surface area contributed by atoms with Crippen molar-refractivity contribution >= 4 is 22.3 Å². The molecule has 12 nitrogen and oxygen atoms in total. The molecule has 2 fully saturated rings. The molecule has 2 saturated carbocycles. The summed E-state index contributed by atoms with van der Waals surface area (Å²) in [5.41, 5.74) is 1.47. The maximum atomic E-state index is 12.9. The van der Waals surface area contributed by atoms with Gasteiger partial charge in [-0.05, 0) is 51.4 Å². The number of rotatable bonds is 10. The summed E-state index contributed by atoms with van der Waals surface area (Å²) in [6.45, 7) is 10.2. The molecule has 0 amide bonds. The molecule has 0 aromatic carbocycles. The first-order valence-electron chi connectivity index (χ1n) is 18.1. The fourth-order valence-electron chi connectivity index (χ4n) is 7.73. The zero-order valence-corrected chi connectivity index (χ0v) is 29.4. The van der Waals surface area contributed by atoms with Gasteiger partial charge in [-0.3, -0.25) is 27.9 Å². The predicted octanol–water partition coefficient (Wildman–Crippen LogP) is 5.14. The lowest BCUT2D eigenvalue weighted by Gasteiger charge is -2.20. The molecule has 0 radical (unpaired) electrons. The van der Waals surface area contributed by atoms with Gasteiger partial charge in [-0.1, -0.05) is 59.8 Å². The number of aromatic nitrogens is 8. The van der Waals surface area contributed by atoms with Gasteiger partial charge < -0.3 is 9.13 Å². The minimum atomic E-state index is -0.220. The van der Waals surface area contributed by atoms with Crippen LogP contribution >= 0.6 is 0 Å². The maximum Gasteiger partial charge on any atom is 0.332 e. The van der Waals surface area contributed by atoms with Crippen molar-refractivity contribution in [3.63, 3.8) is 0 Å². The summed E-state index contributed by atoms with van der Waals surface area (Å²) in [5, 5.41) is 0. The Balaban J connectivity index is 0.000000185. The molecule has 2 aliphatic rings. The van der Waals surface area contributed by atoms with Crippen molar-refractivity contribution in [2.75, 3.05) is 0 Å². The van der Waals surface area contributed by atoms with Crippen LogP contribution in [0.2, 0.25) is 0 Å². The predicted molar refractivity (Wildman–Crippen MR) is 187 cm³/mol. The van der Waals surface area contributed by atoms with Gasteiger partial charge in [0.05, 0.1) is 0 Å². The molecule has 0 spiro atoms. The van der Waals surface area contributed by atoms with Gasteiger partial charge in [0.2, 0.25) is 0 Å². The fourth-order valence-corrected chi connectivity index (χ4v) is 7.73. The van der Waals surface area contributed by atoms with E-state index in [-0.39, 0.29) is 22.5 Å². The molecule has 47 heavy (non-hydrogen) atoms. The summed E-state index contributed by atoms with van der Waals surface area (Å²) in [6.07, 6.45) is 13.9. The molecular formula is C35H54N8O4. The third-order valence-corrected chi connectivity index (χ3v) is 10.0. The van der Waals surface area contributed by atoms with E-state index in [9.17, 15) is 19.2 Å². The van der Waals surface area contributed by atoms with Crippen LogP contribution in [0.5, 0.6) is 0 Å². The molecule has 6 rings (SSSR count). The van der Waals surface area contributed by atoms with Crippen LogP contribution in [0.4, 0.5) is 0 Å². The number of hydrogen-bond acceptors (Lipinski definition) is 6. The Morgan fingerprint density at radius 2 is 0.830 bits per heavy atom. The molecular weight excluding hydrogens is 596 g/mol. The van der Waals surface area contributed by atoms with E-state index in [4.69, 9.17) is 9.97 Å². The zero-order valence-electron chi connectivity index (χ0n) is 29.4. The van der Waals surface area contributed by atoms with Gasteiger partial charge in [0, 0.05) is 52.1 Å². The third-order valence-electron chi connectivity index (χ3n) is 10.0. The molecule has 4 heterocycles. The van der Waals surface area contributed by atoms with Crippen molar-refractivity contribution in [3.8, 4) is 0 Å². The quantitative estimate of drug-likeness (QED) is 0.234. The van der Waals surface area contributed by atoms with Gasteiger partial charge in [0.25, 0.3) is 11.1 Å². The number of aryl methyl sites for hydroxylation is 4. The number of nitrogens with zero attached hydrogens (tertiary/aromatic N) is 8. The van der Waals surface area contributed by atoms with Gasteiger partial charge in [-0.15, -0.1) is 0 Å². The molecule has 258 valence electrons. The van der Waals surface area contributed by atoms with Crippen molar-refractivity contribution in [3.05, 3.63) is 53.3 Å². The minimum Gasteiger partial charge on any atom is -0.325 e. The van der Waals surface area contributed by atoms with Crippen molar-refractivity contribution in [1.82, 2.24) is 37.4 Å². The van der Waals surface area contributed by atoms with Crippen LogP contribution in [0, 0.1) is 0 Å². The van der Waals surface area contributed by atoms with E-state index < -0.39 is 0 Å². The first-order chi connectivity index (χ1) is 22.7. The van der Waals surface area contributed by atoms with E-state index in [1.54, 1.807) is 9.13 Å². The average Bonchev–Trinajstić information content (AvgIpc) is 3.80. The second kappa shape index (κ2) is 15.0. The summed E-state index contributed by atoms with van der Waals surface area (Å²) in [4.78, 5) is 60.7. The average molecular weight is 651 g/mol. The minimum absolute atomic E-state index is 0.193. The van der Waals surface area contributed by atoms with Crippen molar-refractivity contribution in [2.45, 2.75) is 149 Å². The topological polar surface area (TPSA) is 124 Å². The summed E-state index contributed by atoms with van der Waals surface area (Å²) in [5.74, 6) is 2.75. The summed E-state index contributed by atoms with van der Waals surface area (Å²) >= 11 is 0. The van der Waals surface area contributed by atoms with E-state index in [0.717, 1.165) is 63.0 Å². The SMILES string of the molecule is CCCn1c(=O)c2c(nc(C3CCCC3)n2C)n(CCC)c1=O.CCCn1c(=O)c2c(nc(C3CCCCC3)n2C)n(CCC)c1=O. The first kappa shape index (κ1) is 34.6. The van der Waals surface area contributed by atoms with Crippen LogP contribution in [-0.4, -0.2) is 37.4 Å². The molecule has 0 atom stereocenters. The third kappa shape index (κ3) is 6.44. The first-order valence-corrected chi connectivity index (χ1v) is 18.1. The molecule has 0 bridgehead atoms. The van der Waals surface area contributed by atoms with Crippen LogP contribution in [0.1, 0.15) is 135 Å². The lowest BCUT2D eigenvalue weighted by atomic mass is 9.89. The number of hydrogen-bond donors (Lipinski definition) is 0. The maximum absolute atomic E-state index is 12.9. The van der Waals surface area contributed by atoms with Crippen LogP contribution in [0.15, 0.2) is 19.2 Å². The van der Waals surface area contributed by atoms with Gasteiger partial charge in [0.1, 0.15) is 11.6 Å². The lowest BCUT2D eigenvalue weighted by Crippen LogP contribution is -2.40. The molecule has 0 aliphatic heterocycles. The fraction of sp³-hybridized carbons (Fsp3) is 0.714. The second-order valence-electron chi connectivity index (χ2n) is 13.5. The van der Waals surface area contributed by atoms with Crippen molar-refractivity contribution in [1.29, 1.82) is 0 Å². The Kier molecular flexibility index (Phi) is 11.1. The Labute approximate surface area is 276 Å². The summed E-state index contributed by atoms with van der Waals surface area (Å²) < 4.78 is 10.0. The summed E-state index contributed by atoms with van der Waals surface area (Å²) in [6, 6.07) is 0. The highest BCUT2D eigenvalue weighted by Crippen LogP contribution is 2.34. The normalized spacial score (nSPS) is 16.0. The second-order valence-corrected chi connectivity index (χ2v) is 13.5. The van der Waals surface area contributed by atoms with Crippen molar-refractivity contribution in [2.24, 2.45) is 14.1 Å². The molecule has 4 aromatic heterocycles. The Hall–Kier alpha value is -3.70. The lowest BCUT2D eigenvalue weighted by molar-refractivity contribution is 0.422. The molecule has 12 heteroatoms. The van der Waals surface area contributed by atoms with Crippen LogP contribution in [-0.2, 0) is 40.3 Å². The van der Waals surface area contributed by atoms with Crippen LogP contribution < -0.4 is 22.5 Å². The largest absolute Gasteiger partial charge is 0.332 e. The van der Waals surface area contributed by atoms with E-state index in [1.807, 2.05) is 50.9 Å². The smallest absolute Gasteiger partial charge is 0.325 e. The highest BCUT2D eigenvalue weighted by atomic mass is 16.2. The molecule has 0 saturated heterocycles. The van der Waals surface area contributed by atoms with Crippen LogP contribution in [0.25, 0.3) is 22.3 Å². The molecule has 2 aliphatic carbocycles. The molecule has 4 aromatic rings. The van der Waals surface area contributed by atoms with E-state index >= 15 is 0 Å². The van der Waals surface area contributed by atoms with E-state index in [2.05, 4.69) is 0 Å². The Morgan fingerprint density at radius 1 is 0.511 bits per heavy atom. The van der Waals surface area contributed by atoms with Crippen LogP contribution in [0.3, 0.4) is 0 Å². The molecule has 0 N–H and O–H groups in total. The van der Waals surface area contributed by atoms with E-state index in [0.29, 0.717) is 60.3 Å². The number of imidazole rings is 2. The highest BCUT2D eigenvalue weighted by molar-refractivity contribution is 5.72. The number of fused-ring (bicyclic) bond motifs is 2. The van der Waals surface area contributed by atoms with E-state index in [1.165, 1.54) is 41.2 Å². The highest BCUT2D eigenvalue weighted by Gasteiger charge is 2.27. The van der Waals surface area contributed by atoms with Gasteiger partial charge in [0.15, 0.2) is 22.3 Å². The monoisotopic (exact) mass is 650 g/mol.